The molecule has 0 aliphatic heterocycles. The number of hydrogen-bond donors (Lipinski definition) is 1. The first-order valence-electron chi connectivity index (χ1n) is 8.34. The zero-order chi connectivity index (χ0) is 20.1. The third kappa shape index (κ3) is 4.43. The number of esters is 1. The highest BCUT2D eigenvalue weighted by atomic mass is 79.9. The number of halogens is 2. The van der Waals surface area contributed by atoms with E-state index in [1.165, 1.54) is 31.5 Å². The van der Waals surface area contributed by atoms with Gasteiger partial charge >= 0.3 is 5.97 Å². The lowest BCUT2D eigenvalue weighted by Crippen LogP contribution is -2.30. The Morgan fingerprint density at radius 3 is 2.46 bits per heavy atom. The number of carbonyl (C=O) groups is 2. The van der Waals surface area contributed by atoms with E-state index >= 15 is 0 Å². The van der Waals surface area contributed by atoms with Crippen molar-refractivity contribution in [3.63, 3.8) is 0 Å². The van der Waals surface area contributed by atoms with Crippen LogP contribution in [0.1, 0.15) is 38.0 Å². The highest BCUT2D eigenvalue weighted by Crippen LogP contribution is 2.27. The van der Waals surface area contributed by atoms with Gasteiger partial charge in [-0.1, -0.05) is 52.3 Å². The Morgan fingerprint density at radius 1 is 1.11 bits per heavy atom. The van der Waals surface area contributed by atoms with E-state index in [2.05, 4.69) is 31.0 Å². The molecule has 1 heterocycles. The number of aromatic nitrogens is 1. The van der Waals surface area contributed by atoms with Crippen LogP contribution in [0.25, 0.3) is 0 Å². The molecule has 3 aromatic rings. The Hall–Kier alpha value is -3.06. The summed E-state index contributed by atoms with van der Waals surface area (Å²) in [5.41, 5.74) is 1.39. The third-order valence-electron chi connectivity index (χ3n) is 4.10. The third-order valence-corrected chi connectivity index (χ3v) is 4.59. The number of ether oxygens (including phenoxy) is 1. The summed E-state index contributed by atoms with van der Waals surface area (Å²) in [5, 5.41) is 2.82. The first kappa shape index (κ1) is 19.7. The molecule has 28 heavy (non-hydrogen) atoms. The maximum absolute atomic E-state index is 14.6. The van der Waals surface area contributed by atoms with E-state index in [0.29, 0.717) is 10.0 Å². The smallest absolute Gasteiger partial charge is 0.339 e. The molecule has 0 saturated heterocycles. The van der Waals surface area contributed by atoms with E-state index in [9.17, 15) is 14.0 Å². The molecule has 1 unspecified atom stereocenters. The molecule has 0 bridgehead atoms. The minimum absolute atomic E-state index is 0.103. The molecule has 1 aromatic heterocycles. The molecule has 142 valence electrons. The van der Waals surface area contributed by atoms with Gasteiger partial charge in [-0.2, -0.15) is 0 Å². The van der Waals surface area contributed by atoms with Crippen LogP contribution in [0.4, 0.5) is 4.39 Å². The van der Waals surface area contributed by atoms with Gasteiger partial charge < -0.3 is 10.1 Å². The van der Waals surface area contributed by atoms with Crippen LogP contribution in [0, 0.1) is 5.82 Å². The second-order valence-corrected chi connectivity index (χ2v) is 6.82. The van der Waals surface area contributed by atoms with Gasteiger partial charge in [0.2, 0.25) is 0 Å². The lowest BCUT2D eigenvalue weighted by Gasteiger charge is -2.20. The molecule has 0 fully saturated rings. The molecule has 0 saturated carbocycles. The average Bonchev–Trinajstić information content (AvgIpc) is 2.72. The largest absolute Gasteiger partial charge is 0.465 e. The fourth-order valence-corrected chi connectivity index (χ4v) is 3.03. The lowest BCUT2D eigenvalue weighted by molar-refractivity contribution is 0.0599. The predicted molar refractivity (Wildman–Crippen MR) is 105 cm³/mol. The minimum atomic E-state index is -0.705. The van der Waals surface area contributed by atoms with Crippen LogP contribution in [-0.2, 0) is 4.74 Å². The van der Waals surface area contributed by atoms with Crippen LogP contribution in [0.5, 0.6) is 0 Å². The summed E-state index contributed by atoms with van der Waals surface area (Å²) < 4.78 is 19.8. The molecular weight excluding hydrogens is 427 g/mol. The first-order chi connectivity index (χ1) is 13.5. The monoisotopic (exact) mass is 442 g/mol. The summed E-state index contributed by atoms with van der Waals surface area (Å²) in [6.07, 6.45) is 1.26. The SMILES string of the molecule is COC(=O)c1ccc(C(=O)NC(c2ccccc2)c2ccc(Br)cc2F)nc1. The second kappa shape index (κ2) is 8.75. The van der Waals surface area contributed by atoms with Crippen LogP contribution in [0.2, 0.25) is 0 Å². The van der Waals surface area contributed by atoms with Gasteiger partial charge in [-0.05, 0) is 29.8 Å². The Morgan fingerprint density at radius 2 is 1.86 bits per heavy atom. The maximum Gasteiger partial charge on any atom is 0.339 e. The van der Waals surface area contributed by atoms with Crippen molar-refractivity contribution in [1.29, 1.82) is 0 Å². The zero-order valence-electron chi connectivity index (χ0n) is 14.9. The number of carbonyl (C=O) groups excluding carboxylic acids is 2. The molecule has 3 rings (SSSR count). The van der Waals surface area contributed by atoms with Gasteiger partial charge in [0, 0.05) is 16.2 Å². The highest BCUT2D eigenvalue weighted by molar-refractivity contribution is 9.10. The van der Waals surface area contributed by atoms with Gasteiger partial charge in [0.15, 0.2) is 0 Å². The van der Waals surface area contributed by atoms with Crippen molar-refractivity contribution < 1.29 is 18.7 Å². The standard InChI is InChI=1S/C21H16BrFN2O3/c1-28-21(27)14-7-10-18(24-12-14)20(26)25-19(13-5-3-2-4-6-13)16-9-8-15(22)11-17(16)23/h2-12,19H,1H3,(H,25,26). The van der Waals surface area contributed by atoms with Crippen molar-refractivity contribution >= 4 is 27.8 Å². The highest BCUT2D eigenvalue weighted by Gasteiger charge is 2.22. The van der Waals surface area contributed by atoms with Crippen LogP contribution < -0.4 is 5.32 Å². The van der Waals surface area contributed by atoms with Crippen LogP contribution >= 0.6 is 15.9 Å². The topological polar surface area (TPSA) is 68.3 Å². The quantitative estimate of drug-likeness (QED) is 0.598. The van der Waals surface area contributed by atoms with Crippen molar-refractivity contribution in [1.82, 2.24) is 10.3 Å². The number of nitrogens with one attached hydrogen (secondary N) is 1. The molecule has 1 amide bonds. The Bertz CT molecular complexity index is 994. The first-order valence-corrected chi connectivity index (χ1v) is 9.14. The van der Waals surface area contributed by atoms with Crippen LogP contribution in [0.3, 0.4) is 0 Å². The van der Waals surface area contributed by atoms with Crippen molar-refractivity contribution in [3.8, 4) is 0 Å². The van der Waals surface area contributed by atoms with Gasteiger partial charge in [-0.25, -0.2) is 9.18 Å². The summed E-state index contributed by atoms with van der Waals surface area (Å²) in [5.74, 6) is -1.48. The molecule has 2 aromatic carbocycles. The Labute approximate surface area is 169 Å². The van der Waals surface area contributed by atoms with Gasteiger partial charge in [-0.15, -0.1) is 0 Å². The number of methoxy groups -OCH3 is 1. The normalized spacial score (nSPS) is 11.5. The van der Waals surface area contributed by atoms with Gasteiger partial charge in [0.25, 0.3) is 5.91 Å². The summed E-state index contributed by atoms with van der Waals surface area (Å²) in [4.78, 5) is 28.2. The number of rotatable bonds is 5. The number of hydrogen-bond acceptors (Lipinski definition) is 4. The van der Waals surface area contributed by atoms with Gasteiger partial charge in [0.05, 0.1) is 18.7 Å². The maximum atomic E-state index is 14.6. The number of pyridine rings is 1. The van der Waals surface area contributed by atoms with Gasteiger partial charge in [0.1, 0.15) is 11.5 Å². The predicted octanol–water partition coefficient (Wildman–Crippen LogP) is 4.29. The molecule has 0 aliphatic carbocycles. The van der Waals surface area contributed by atoms with Crippen molar-refractivity contribution in [2.75, 3.05) is 7.11 Å². The van der Waals surface area contributed by atoms with Crippen LogP contribution in [-0.4, -0.2) is 24.0 Å². The second-order valence-electron chi connectivity index (χ2n) is 5.91. The van der Waals surface area contributed by atoms with E-state index in [1.54, 1.807) is 24.3 Å². The van der Waals surface area contributed by atoms with Crippen molar-refractivity contribution in [2.45, 2.75) is 6.04 Å². The molecule has 1 atom stereocenters. The lowest BCUT2D eigenvalue weighted by atomic mass is 9.98. The summed E-state index contributed by atoms with van der Waals surface area (Å²) in [6, 6.07) is 15.9. The number of nitrogens with zero attached hydrogens (tertiary/aromatic N) is 1. The molecule has 7 heteroatoms. The van der Waals surface area contributed by atoms with Crippen LogP contribution in [0.15, 0.2) is 71.3 Å². The van der Waals surface area contributed by atoms with Crippen molar-refractivity contribution in [3.05, 3.63) is 99.5 Å². The molecule has 0 aliphatic rings. The summed E-state index contributed by atoms with van der Waals surface area (Å²) >= 11 is 3.24. The number of benzene rings is 2. The fraction of sp³-hybridized carbons (Fsp3) is 0.0952. The minimum Gasteiger partial charge on any atom is -0.465 e. The fourth-order valence-electron chi connectivity index (χ4n) is 2.69. The van der Waals surface area contributed by atoms with E-state index in [0.717, 1.165) is 5.56 Å². The molecular formula is C21H16BrFN2O3. The van der Waals surface area contributed by atoms with E-state index in [1.807, 2.05) is 18.2 Å². The Balaban J connectivity index is 1.91. The molecule has 5 nitrogen and oxygen atoms in total. The van der Waals surface area contributed by atoms with E-state index in [-0.39, 0.29) is 11.3 Å². The van der Waals surface area contributed by atoms with Crippen molar-refractivity contribution in [2.24, 2.45) is 0 Å². The zero-order valence-corrected chi connectivity index (χ0v) is 16.4. The number of amides is 1. The van der Waals surface area contributed by atoms with E-state index in [4.69, 9.17) is 0 Å². The molecule has 1 N–H and O–H groups in total. The molecule has 0 radical (unpaired) electrons. The average molecular weight is 443 g/mol. The Kier molecular flexibility index (Phi) is 6.16. The molecule has 0 spiro atoms. The summed E-state index contributed by atoms with van der Waals surface area (Å²) in [7, 11) is 1.26. The van der Waals surface area contributed by atoms with E-state index < -0.39 is 23.7 Å². The van der Waals surface area contributed by atoms with Gasteiger partial charge in [-0.3, -0.25) is 9.78 Å². The summed E-state index contributed by atoms with van der Waals surface area (Å²) in [6.45, 7) is 0.